The van der Waals surface area contributed by atoms with Crippen molar-refractivity contribution in [2.45, 2.75) is 6.10 Å². The van der Waals surface area contributed by atoms with E-state index in [-0.39, 0.29) is 12.2 Å². The normalized spacial score (nSPS) is 18.5. The lowest BCUT2D eigenvalue weighted by Gasteiger charge is -2.06. The van der Waals surface area contributed by atoms with Gasteiger partial charge in [0, 0.05) is 12.6 Å². The lowest BCUT2D eigenvalue weighted by atomic mass is 10.1. The molecule has 1 aromatic carbocycles. The van der Waals surface area contributed by atoms with E-state index in [1.165, 1.54) is 0 Å². The van der Waals surface area contributed by atoms with Crippen LogP contribution < -0.4 is 5.32 Å². The molecule has 0 spiro atoms. The molecular formula is C13H13N3O2. The molecule has 1 unspecified atom stereocenters. The Hall–Kier alpha value is -2.30. The smallest absolute Gasteiger partial charge is 0.408 e. The minimum absolute atomic E-state index is 0.257. The van der Waals surface area contributed by atoms with E-state index in [1.807, 2.05) is 43.4 Å². The minimum atomic E-state index is -0.373. The Morgan fingerprint density at radius 2 is 2.17 bits per heavy atom. The molecule has 2 aromatic rings. The molecule has 92 valence electrons. The monoisotopic (exact) mass is 243 g/mol. The zero-order valence-electron chi connectivity index (χ0n) is 9.96. The van der Waals surface area contributed by atoms with Gasteiger partial charge in [0.15, 0.2) is 6.10 Å². The van der Waals surface area contributed by atoms with Crippen LogP contribution >= 0.6 is 0 Å². The summed E-state index contributed by atoms with van der Waals surface area (Å²) in [7, 11) is 1.86. The molecule has 0 bridgehead atoms. The molecule has 0 aliphatic carbocycles. The highest BCUT2D eigenvalue weighted by molar-refractivity contribution is 5.70. The largest absolute Gasteiger partial charge is 0.438 e. The molecule has 1 amide bonds. The molecule has 1 saturated heterocycles. The van der Waals surface area contributed by atoms with Gasteiger partial charge >= 0.3 is 6.09 Å². The van der Waals surface area contributed by atoms with Gasteiger partial charge in [-0.05, 0) is 6.07 Å². The van der Waals surface area contributed by atoms with E-state index in [9.17, 15) is 4.79 Å². The lowest BCUT2D eigenvalue weighted by Crippen LogP contribution is -2.13. The van der Waals surface area contributed by atoms with Crippen LogP contribution in [0.4, 0.5) is 4.79 Å². The van der Waals surface area contributed by atoms with E-state index in [0.29, 0.717) is 6.54 Å². The zero-order valence-corrected chi connectivity index (χ0v) is 9.96. The minimum Gasteiger partial charge on any atom is -0.438 e. The van der Waals surface area contributed by atoms with Crippen molar-refractivity contribution in [2.75, 3.05) is 6.54 Å². The highest BCUT2D eigenvalue weighted by atomic mass is 16.6. The van der Waals surface area contributed by atoms with Crippen LogP contribution in [-0.2, 0) is 11.8 Å². The van der Waals surface area contributed by atoms with E-state index in [4.69, 9.17) is 4.74 Å². The maximum atomic E-state index is 11.1. The van der Waals surface area contributed by atoms with Gasteiger partial charge in [-0.2, -0.15) is 5.10 Å². The third-order valence-corrected chi connectivity index (χ3v) is 3.00. The van der Waals surface area contributed by atoms with Crippen molar-refractivity contribution in [2.24, 2.45) is 7.05 Å². The van der Waals surface area contributed by atoms with Crippen molar-refractivity contribution in [3.8, 4) is 11.3 Å². The van der Waals surface area contributed by atoms with E-state index >= 15 is 0 Å². The number of aromatic nitrogens is 2. The number of hydrogen-bond donors (Lipinski definition) is 1. The topological polar surface area (TPSA) is 56.2 Å². The number of rotatable bonds is 2. The number of alkyl carbamates (subject to hydrolysis) is 1. The molecule has 1 aromatic heterocycles. The Balaban J connectivity index is 1.94. The van der Waals surface area contributed by atoms with Crippen molar-refractivity contribution in [3.63, 3.8) is 0 Å². The van der Waals surface area contributed by atoms with Crippen LogP contribution in [0, 0.1) is 0 Å². The van der Waals surface area contributed by atoms with Crippen LogP contribution in [0.25, 0.3) is 11.3 Å². The van der Waals surface area contributed by atoms with Gasteiger partial charge in [0.1, 0.15) is 0 Å². The summed E-state index contributed by atoms with van der Waals surface area (Å²) in [6.07, 6.45) is -0.630. The lowest BCUT2D eigenvalue weighted by molar-refractivity contribution is 0.137. The van der Waals surface area contributed by atoms with Gasteiger partial charge < -0.3 is 10.1 Å². The van der Waals surface area contributed by atoms with Crippen LogP contribution in [0.1, 0.15) is 11.8 Å². The number of aryl methyl sites for hydroxylation is 1. The maximum absolute atomic E-state index is 11.1. The summed E-state index contributed by atoms with van der Waals surface area (Å²) in [4.78, 5) is 11.1. The fourth-order valence-electron chi connectivity index (χ4n) is 2.09. The molecule has 5 heteroatoms. The molecule has 3 rings (SSSR count). The molecule has 1 aliphatic heterocycles. The number of hydrogen-bond acceptors (Lipinski definition) is 3. The molecular weight excluding hydrogens is 230 g/mol. The van der Waals surface area contributed by atoms with Crippen LogP contribution in [0.5, 0.6) is 0 Å². The summed E-state index contributed by atoms with van der Waals surface area (Å²) in [6, 6.07) is 11.9. The Morgan fingerprint density at radius 3 is 2.83 bits per heavy atom. The molecule has 0 radical (unpaired) electrons. The van der Waals surface area contributed by atoms with Gasteiger partial charge in [0.2, 0.25) is 0 Å². The first-order chi connectivity index (χ1) is 8.74. The van der Waals surface area contributed by atoms with Gasteiger partial charge in [-0.15, -0.1) is 0 Å². The first-order valence-electron chi connectivity index (χ1n) is 5.78. The van der Waals surface area contributed by atoms with Crippen molar-refractivity contribution in [1.29, 1.82) is 0 Å². The number of nitrogens with one attached hydrogen (secondary N) is 1. The van der Waals surface area contributed by atoms with Crippen molar-refractivity contribution < 1.29 is 9.53 Å². The number of nitrogens with zero attached hydrogens (tertiary/aromatic N) is 2. The number of carbonyl (C=O) groups excluding carboxylic acids is 1. The number of amides is 1. The SMILES string of the molecule is Cn1nc(-c2ccccc2)cc1C1CNC(=O)O1. The molecule has 1 fully saturated rings. The Bertz CT molecular complexity index is 577. The summed E-state index contributed by atoms with van der Waals surface area (Å²) in [5.74, 6) is 0. The summed E-state index contributed by atoms with van der Waals surface area (Å²) in [5, 5.41) is 7.09. The summed E-state index contributed by atoms with van der Waals surface area (Å²) in [6.45, 7) is 0.493. The predicted molar refractivity (Wildman–Crippen MR) is 65.9 cm³/mol. The molecule has 1 atom stereocenters. The van der Waals surface area contributed by atoms with Crippen LogP contribution in [0.15, 0.2) is 36.4 Å². The molecule has 5 nitrogen and oxygen atoms in total. The third-order valence-electron chi connectivity index (χ3n) is 3.00. The highest BCUT2D eigenvalue weighted by Gasteiger charge is 2.27. The molecule has 18 heavy (non-hydrogen) atoms. The van der Waals surface area contributed by atoms with Crippen molar-refractivity contribution >= 4 is 6.09 Å². The average molecular weight is 243 g/mol. The number of carbonyl (C=O) groups is 1. The number of benzene rings is 1. The van der Waals surface area contributed by atoms with Crippen LogP contribution in [-0.4, -0.2) is 22.4 Å². The third kappa shape index (κ3) is 1.84. The fourth-order valence-corrected chi connectivity index (χ4v) is 2.09. The second kappa shape index (κ2) is 4.18. The van der Waals surface area contributed by atoms with Gasteiger partial charge in [-0.25, -0.2) is 4.79 Å². The molecule has 0 saturated carbocycles. The summed E-state index contributed by atoms with van der Waals surface area (Å²) in [5.41, 5.74) is 2.83. The second-order valence-corrected chi connectivity index (χ2v) is 4.22. The summed E-state index contributed by atoms with van der Waals surface area (Å²) < 4.78 is 6.92. The van der Waals surface area contributed by atoms with Crippen molar-refractivity contribution in [3.05, 3.63) is 42.1 Å². The van der Waals surface area contributed by atoms with Gasteiger partial charge in [0.05, 0.1) is 17.9 Å². The molecule has 2 heterocycles. The van der Waals surface area contributed by atoms with E-state index in [0.717, 1.165) is 17.0 Å². The fraction of sp³-hybridized carbons (Fsp3) is 0.231. The Kier molecular flexibility index (Phi) is 2.51. The van der Waals surface area contributed by atoms with Gasteiger partial charge in [0.25, 0.3) is 0 Å². The summed E-state index contributed by atoms with van der Waals surface area (Å²) >= 11 is 0. The van der Waals surface area contributed by atoms with E-state index in [2.05, 4.69) is 10.4 Å². The quantitative estimate of drug-likeness (QED) is 0.876. The molecule has 1 aliphatic rings. The zero-order chi connectivity index (χ0) is 12.5. The van der Waals surface area contributed by atoms with Crippen LogP contribution in [0.2, 0.25) is 0 Å². The van der Waals surface area contributed by atoms with E-state index < -0.39 is 0 Å². The molecule has 1 N–H and O–H groups in total. The predicted octanol–water partition coefficient (Wildman–Crippen LogP) is 1.87. The Morgan fingerprint density at radius 1 is 1.39 bits per heavy atom. The standard InChI is InChI=1S/C13H13N3O2/c1-16-11(12-8-14-13(17)18-12)7-10(15-16)9-5-3-2-4-6-9/h2-7,12H,8H2,1H3,(H,14,17). The van der Waals surface area contributed by atoms with Gasteiger partial charge in [-0.3, -0.25) is 4.68 Å². The highest BCUT2D eigenvalue weighted by Crippen LogP contribution is 2.25. The van der Waals surface area contributed by atoms with E-state index in [1.54, 1.807) is 4.68 Å². The van der Waals surface area contributed by atoms with Crippen molar-refractivity contribution in [1.82, 2.24) is 15.1 Å². The Labute approximate surface area is 104 Å². The number of cyclic esters (lactones) is 1. The van der Waals surface area contributed by atoms with Crippen LogP contribution in [0.3, 0.4) is 0 Å². The first-order valence-corrected chi connectivity index (χ1v) is 5.78. The second-order valence-electron chi connectivity index (χ2n) is 4.22. The maximum Gasteiger partial charge on any atom is 0.408 e. The first kappa shape index (κ1) is 10.8. The number of ether oxygens (including phenoxy) is 1. The van der Waals surface area contributed by atoms with Gasteiger partial charge in [-0.1, -0.05) is 30.3 Å². The average Bonchev–Trinajstić information content (AvgIpc) is 2.97.